The van der Waals surface area contributed by atoms with Gasteiger partial charge in [0.25, 0.3) is 5.91 Å². The number of hydrogen-bond donors (Lipinski definition) is 1. The second kappa shape index (κ2) is 8.68. The highest BCUT2D eigenvalue weighted by atomic mass is 32.1. The fourth-order valence-electron chi connectivity index (χ4n) is 3.51. The van der Waals surface area contributed by atoms with E-state index in [1.807, 2.05) is 18.2 Å². The fraction of sp³-hybridized carbons (Fsp3) is 0.261. The summed E-state index contributed by atoms with van der Waals surface area (Å²) >= 11 is 1.55. The first kappa shape index (κ1) is 19.5. The van der Waals surface area contributed by atoms with Crippen molar-refractivity contribution in [3.8, 4) is 0 Å². The van der Waals surface area contributed by atoms with Gasteiger partial charge in [-0.25, -0.2) is 4.98 Å². The van der Waals surface area contributed by atoms with Crippen LogP contribution >= 0.6 is 11.3 Å². The Bertz CT molecular complexity index is 1010. The lowest BCUT2D eigenvalue weighted by Gasteiger charge is -2.24. The second-order valence-electron chi connectivity index (χ2n) is 7.14. The molecule has 4 rings (SSSR count). The molecule has 1 N–H and O–H groups in total. The van der Waals surface area contributed by atoms with Gasteiger partial charge in [0.2, 0.25) is 0 Å². The van der Waals surface area contributed by atoms with Crippen LogP contribution in [0.1, 0.15) is 50.2 Å². The van der Waals surface area contributed by atoms with E-state index in [4.69, 9.17) is 0 Å². The Labute approximate surface area is 174 Å². The number of carbonyl (C=O) groups excluding carboxylic acids is 2. The summed E-state index contributed by atoms with van der Waals surface area (Å²) in [6.45, 7) is 5.21. The minimum atomic E-state index is -0.208. The molecule has 0 radical (unpaired) electrons. The SMILES string of the molecule is CCCN1CCc2nc(NC(=O)c3ccc(C(=O)c4ccccc4)cc3)sc2C1. The Kier molecular flexibility index (Phi) is 5.83. The van der Waals surface area contributed by atoms with Crippen LogP contribution in [0, 0.1) is 0 Å². The Balaban J connectivity index is 1.42. The first-order chi connectivity index (χ1) is 14.1. The Hall–Kier alpha value is -2.83. The van der Waals surface area contributed by atoms with Crippen LogP contribution in [0.25, 0.3) is 0 Å². The Morgan fingerprint density at radius 1 is 1.03 bits per heavy atom. The number of amides is 1. The van der Waals surface area contributed by atoms with Gasteiger partial charge in [-0.3, -0.25) is 19.8 Å². The van der Waals surface area contributed by atoms with Crippen LogP contribution in [-0.2, 0) is 13.0 Å². The van der Waals surface area contributed by atoms with Gasteiger partial charge in [-0.2, -0.15) is 0 Å². The number of ketones is 1. The van der Waals surface area contributed by atoms with E-state index in [0.29, 0.717) is 21.8 Å². The molecule has 0 spiro atoms. The predicted octanol–water partition coefficient (Wildman–Crippen LogP) is 4.39. The van der Waals surface area contributed by atoms with Crippen LogP contribution in [0.5, 0.6) is 0 Å². The third-order valence-corrected chi connectivity index (χ3v) is 6.01. The van der Waals surface area contributed by atoms with E-state index in [9.17, 15) is 9.59 Å². The van der Waals surface area contributed by atoms with E-state index in [0.717, 1.165) is 38.2 Å². The van der Waals surface area contributed by atoms with Crippen molar-refractivity contribution >= 4 is 28.2 Å². The Morgan fingerprint density at radius 3 is 2.45 bits per heavy atom. The first-order valence-corrected chi connectivity index (χ1v) is 10.7. The molecule has 0 saturated carbocycles. The van der Waals surface area contributed by atoms with Crippen LogP contribution in [0.2, 0.25) is 0 Å². The number of nitrogens with one attached hydrogen (secondary N) is 1. The summed E-state index contributed by atoms with van der Waals surface area (Å²) in [5, 5.41) is 3.55. The first-order valence-electron chi connectivity index (χ1n) is 9.86. The van der Waals surface area contributed by atoms with E-state index in [1.165, 1.54) is 4.88 Å². The summed E-state index contributed by atoms with van der Waals surface area (Å²) in [7, 11) is 0. The molecule has 5 nitrogen and oxygen atoms in total. The molecule has 1 aliphatic rings. The zero-order valence-corrected chi connectivity index (χ0v) is 17.2. The number of benzene rings is 2. The van der Waals surface area contributed by atoms with Crippen molar-refractivity contribution in [3.63, 3.8) is 0 Å². The van der Waals surface area contributed by atoms with Crippen LogP contribution in [0.15, 0.2) is 54.6 Å². The minimum Gasteiger partial charge on any atom is -0.298 e. The van der Waals surface area contributed by atoms with Gasteiger partial charge in [-0.15, -0.1) is 11.3 Å². The third-order valence-electron chi connectivity index (χ3n) is 5.02. The quantitative estimate of drug-likeness (QED) is 0.618. The topological polar surface area (TPSA) is 62.3 Å². The molecule has 6 heteroatoms. The molecule has 29 heavy (non-hydrogen) atoms. The minimum absolute atomic E-state index is 0.0539. The van der Waals surface area contributed by atoms with Crippen molar-refractivity contribution in [1.82, 2.24) is 9.88 Å². The molecule has 2 heterocycles. The number of anilines is 1. The van der Waals surface area contributed by atoms with Gasteiger partial charge in [0.15, 0.2) is 10.9 Å². The number of hydrogen-bond acceptors (Lipinski definition) is 5. The lowest BCUT2D eigenvalue weighted by atomic mass is 10.0. The van der Waals surface area contributed by atoms with E-state index in [-0.39, 0.29) is 11.7 Å². The molecule has 1 aromatic heterocycles. The Morgan fingerprint density at radius 2 is 1.72 bits per heavy atom. The largest absolute Gasteiger partial charge is 0.298 e. The van der Waals surface area contributed by atoms with Crippen LogP contribution in [0.3, 0.4) is 0 Å². The lowest BCUT2D eigenvalue weighted by Crippen LogP contribution is -2.30. The fourth-order valence-corrected chi connectivity index (χ4v) is 4.55. The highest BCUT2D eigenvalue weighted by Gasteiger charge is 2.21. The van der Waals surface area contributed by atoms with Crippen molar-refractivity contribution in [2.24, 2.45) is 0 Å². The second-order valence-corrected chi connectivity index (χ2v) is 8.23. The molecule has 1 amide bonds. The van der Waals surface area contributed by atoms with E-state index in [2.05, 4.69) is 22.1 Å². The number of thiazole rings is 1. The highest BCUT2D eigenvalue weighted by molar-refractivity contribution is 7.15. The molecule has 0 fully saturated rings. The van der Waals surface area contributed by atoms with E-state index < -0.39 is 0 Å². The third kappa shape index (κ3) is 4.44. The van der Waals surface area contributed by atoms with Crippen LogP contribution in [0.4, 0.5) is 5.13 Å². The lowest BCUT2D eigenvalue weighted by molar-refractivity contribution is 0.102. The van der Waals surface area contributed by atoms with Gasteiger partial charge in [0, 0.05) is 41.1 Å². The summed E-state index contributed by atoms with van der Waals surface area (Å²) in [6, 6.07) is 15.9. The number of aromatic nitrogens is 1. The van der Waals surface area contributed by atoms with Crippen molar-refractivity contribution in [2.45, 2.75) is 26.3 Å². The van der Waals surface area contributed by atoms with Gasteiger partial charge < -0.3 is 0 Å². The molecule has 148 valence electrons. The standard InChI is InChI=1S/C23H23N3O2S/c1-2-13-26-14-12-19-20(15-26)29-23(24-19)25-22(28)18-10-8-17(9-11-18)21(27)16-6-4-3-5-7-16/h3-11H,2,12-15H2,1H3,(H,24,25,28). The monoisotopic (exact) mass is 405 g/mol. The normalized spacial score (nSPS) is 13.7. The number of carbonyl (C=O) groups is 2. The maximum Gasteiger partial charge on any atom is 0.257 e. The smallest absolute Gasteiger partial charge is 0.257 e. The zero-order valence-electron chi connectivity index (χ0n) is 16.4. The van der Waals surface area contributed by atoms with Crippen LogP contribution < -0.4 is 5.32 Å². The molecule has 0 atom stereocenters. The van der Waals surface area contributed by atoms with Crippen molar-refractivity contribution in [1.29, 1.82) is 0 Å². The molecule has 0 bridgehead atoms. The van der Waals surface area contributed by atoms with Gasteiger partial charge in [0.1, 0.15) is 0 Å². The van der Waals surface area contributed by atoms with Crippen molar-refractivity contribution in [2.75, 3.05) is 18.4 Å². The molecule has 2 aromatic carbocycles. The number of rotatable bonds is 6. The highest BCUT2D eigenvalue weighted by Crippen LogP contribution is 2.28. The van der Waals surface area contributed by atoms with E-state index >= 15 is 0 Å². The van der Waals surface area contributed by atoms with Gasteiger partial charge in [-0.05, 0) is 25.1 Å². The van der Waals surface area contributed by atoms with Crippen molar-refractivity contribution < 1.29 is 9.59 Å². The molecule has 0 unspecified atom stereocenters. The summed E-state index contributed by atoms with van der Waals surface area (Å²) in [5.41, 5.74) is 2.81. The van der Waals surface area contributed by atoms with Crippen molar-refractivity contribution in [3.05, 3.63) is 81.9 Å². The van der Waals surface area contributed by atoms with Gasteiger partial charge in [-0.1, -0.05) is 49.4 Å². The van der Waals surface area contributed by atoms with Crippen LogP contribution in [-0.4, -0.2) is 34.7 Å². The van der Waals surface area contributed by atoms with Gasteiger partial charge >= 0.3 is 0 Å². The molecular formula is C23H23N3O2S. The average Bonchev–Trinajstić information content (AvgIpc) is 3.15. The summed E-state index contributed by atoms with van der Waals surface area (Å²) in [6.07, 6.45) is 2.07. The average molecular weight is 406 g/mol. The van der Waals surface area contributed by atoms with E-state index in [1.54, 1.807) is 47.7 Å². The maximum atomic E-state index is 12.6. The molecule has 3 aromatic rings. The van der Waals surface area contributed by atoms with Gasteiger partial charge in [0.05, 0.1) is 5.69 Å². The predicted molar refractivity (Wildman–Crippen MR) is 116 cm³/mol. The molecule has 1 aliphatic heterocycles. The maximum absolute atomic E-state index is 12.6. The zero-order chi connectivity index (χ0) is 20.2. The molecular weight excluding hydrogens is 382 g/mol. The summed E-state index contributed by atoms with van der Waals surface area (Å²) < 4.78 is 0. The number of nitrogens with zero attached hydrogens (tertiary/aromatic N) is 2. The summed E-state index contributed by atoms with van der Waals surface area (Å²) in [5.74, 6) is -0.262. The number of fused-ring (bicyclic) bond motifs is 1. The molecule has 0 aliphatic carbocycles. The summed E-state index contributed by atoms with van der Waals surface area (Å²) in [4.78, 5) is 33.4. The molecule has 0 saturated heterocycles.